The summed E-state index contributed by atoms with van der Waals surface area (Å²) in [5.41, 5.74) is 0. The van der Waals surface area contributed by atoms with Gasteiger partial charge in [-0.1, -0.05) is 209 Å². The Morgan fingerprint density at radius 3 is 1.00 bits per heavy atom. The normalized spacial score (nSPS) is 12.7. The van der Waals surface area contributed by atoms with Crippen LogP contribution in [0.1, 0.15) is 239 Å². The number of ether oxygens (including phenoxy) is 3. The zero-order chi connectivity index (χ0) is 45.8. The predicted molar refractivity (Wildman–Crippen MR) is 270 cm³/mol. The van der Waals surface area contributed by atoms with Crippen LogP contribution in [0.5, 0.6) is 0 Å². The molecule has 0 aliphatic heterocycles. The van der Waals surface area contributed by atoms with Crippen molar-refractivity contribution in [3.8, 4) is 0 Å². The highest BCUT2D eigenvalue weighted by atomic mass is 16.6. The highest BCUT2D eigenvalue weighted by Crippen LogP contribution is 2.13. The number of unbranched alkanes of at least 4 members (excludes halogenated alkanes) is 21. The largest absolute Gasteiger partial charge is 0.462 e. The van der Waals surface area contributed by atoms with E-state index < -0.39 is 6.10 Å². The first-order chi connectivity index (χ1) is 31.0. The predicted octanol–water partition coefficient (Wildman–Crippen LogP) is 17.2. The average Bonchev–Trinajstić information content (AvgIpc) is 3.28. The first-order valence-electron chi connectivity index (χ1n) is 26.1. The van der Waals surface area contributed by atoms with E-state index in [0.717, 1.165) is 96.3 Å². The molecule has 6 heteroatoms. The van der Waals surface area contributed by atoms with Crippen LogP contribution in [-0.2, 0) is 28.6 Å². The molecular formula is C57H96O6. The summed E-state index contributed by atoms with van der Waals surface area (Å²) >= 11 is 0. The van der Waals surface area contributed by atoms with Gasteiger partial charge in [0.1, 0.15) is 13.2 Å². The molecule has 0 saturated heterocycles. The van der Waals surface area contributed by atoms with Gasteiger partial charge in [-0.3, -0.25) is 14.4 Å². The first-order valence-corrected chi connectivity index (χ1v) is 26.1. The van der Waals surface area contributed by atoms with E-state index in [4.69, 9.17) is 14.2 Å². The molecular weight excluding hydrogens is 781 g/mol. The van der Waals surface area contributed by atoms with Crippen molar-refractivity contribution in [1.82, 2.24) is 0 Å². The Morgan fingerprint density at radius 1 is 0.333 bits per heavy atom. The van der Waals surface area contributed by atoms with Crippen LogP contribution in [0.2, 0.25) is 0 Å². The smallest absolute Gasteiger partial charge is 0.306 e. The summed E-state index contributed by atoms with van der Waals surface area (Å²) in [6, 6.07) is 0. The zero-order valence-electron chi connectivity index (χ0n) is 41.1. The molecule has 0 amide bonds. The topological polar surface area (TPSA) is 78.9 Å². The number of allylic oxidation sites excluding steroid dienone is 14. The Morgan fingerprint density at radius 2 is 0.619 bits per heavy atom. The van der Waals surface area contributed by atoms with Crippen LogP contribution in [0.25, 0.3) is 0 Å². The average molecular weight is 877 g/mol. The van der Waals surface area contributed by atoms with Crippen LogP contribution in [0.3, 0.4) is 0 Å². The highest BCUT2D eigenvalue weighted by molar-refractivity contribution is 5.71. The van der Waals surface area contributed by atoms with Gasteiger partial charge in [0, 0.05) is 19.3 Å². The van der Waals surface area contributed by atoms with E-state index in [1.54, 1.807) is 0 Å². The molecule has 0 aromatic heterocycles. The van der Waals surface area contributed by atoms with Crippen LogP contribution in [0, 0.1) is 0 Å². The second-order valence-corrected chi connectivity index (χ2v) is 17.1. The van der Waals surface area contributed by atoms with Crippen molar-refractivity contribution < 1.29 is 28.6 Å². The highest BCUT2D eigenvalue weighted by Gasteiger charge is 2.19. The number of hydrogen-bond donors (Lipinski definition) is 0. The van der Waals surface area contributed by atoms with Gasteiger partial charge in [0.2, 0.25) is 0 Å². The fourth-order valence-corrected chi connectivity index (χ4v) is 6.97. The zero-order valence-corrected chi connectivity index (χ0v) is 41.1. The van der Waals surface area contributed by atoms with Crippen LogP contribution in [0.4, 0.5) is 0 Å². The van der Waals surface area contributed by atoms with Gasteiger partial charge in [-0.15, -0.1) is 0 Å². The van der Waals surface area contributed by atoms with E-state index in [1.165, 1.54) is 96.3 Å². The Labute approximate surface area is 388 Å². The maximum atomic E-state index is 12.8. The van der Waals surface area contributed by atoms with Crippen molar-refractivity contribution in [2.24, 2.45) is 0 Å². The van der Waals surface area contributed by atoms with Crippen molar-refractivity contribution in [3.05, 3.63) is 85.1 Å². The summed E-state index contributed by atoms with van der Waals surface area (Å²) in [7, 11) is 0. The second-order valence-electron chi connectivity index (χ2n) is 17.1. The lowest BCUT2D eigenvalue weighted by molar-refractivity contribution is -0.167. The van der Waals surface area contributed by atoms with E-state index in [1.807, 2.05) is 0 Å². The van der Waals surface area contributed by atoms with Gasteiger partial charge in [-0.2, -0.15) is 0 Å². The summed E-state index contributed by atoms with van der Waals surface area (Å²) in [6.07, 6.45) is 65.8. The van der Waals surface area contributed by atoms with E-state index in [2.05, 4.69) is 106 Å². The monoisotopic (exact) mass is 877 g/mol. The molecule has 0 N–H and O–H groups in total. The lowest BCUT2D eigenvalue weighted by atomic mass is 10.1. The molecule has 0 spiro atoms. The maximum absolute atomic E-state index is 12.8. The van der Waals surface area contributed by atoms with Gasteiger partial charge < -0.3 is 14.2 Å². The number of esters is 3. The quantitative estimate of drug-likeness (QED) is 0.0262. The third-order valence-electron chi connectivity index (χ3n) is 10.9. The van der Waals surface area contributed by atoms with Crippen LogP contribution >= 0.6 is 0 Å². The molecule has 1 unspecified atom stereocenters. The molecule has 0 aromatic carbocycles. The summed E-state index contributed by atoms with van der Waals surface area (Å²) in [4.78, 5) is 37.9. The third kappa shape index (κ3) is 49.5. The molecule has 63 heavy (non-hydrogen) atoms. The fraction of sp³-hybridized carbons (Fsp3) is 0.702. The summed E-state index contributed by atoms with van der Waals surface area (Å²) in [5.74, 6) is -0.956. The van der Waals surface area contributed by atoms with Gasteiger partial charge in [-0.05, 0) is 96.3 Å². The fourth-order valence-electron chi connectivity index (χ4n) is 6.97. The Kier molecular flexibility index (Phi) is 48.5. The molecule has 0 aromatic rings. The molecule has 6 nitrogen and oxygen atoms in total. The standard InChI is InChI=1S/C57H96O6/c1-4-7-10-13-16-19-21-23-25-26-27-28-29-30-32-33-35-38-41-44-47-50-56(59)62-53-54(52-61-55(58)49-46-43-40-37-18-15-12-9-6-3)63-57(60)51-48-45-42-39-36-34-31-24-22-20-17-14-11-8-5-2/h8,11,17,20-21,23-24,26-27,29-31,36,39,54H,4-7,9-10,12-16,18-19,22,25,28,32-35,37-38,40-53H2,1-3H3/b11-8-,20-17-,23-21-,27-26-,30-29-,31-24-,39-36-. The van der Waals surface area contributed by atoms with E-state index in [9.17, 15) is 14.4 Å². The van der Waals surface area contributed by atoms with Crippen LogP contribution < -0.4 is 0 Å². The Balaban J connectivity index is 4.38. The van der Waals surface area contributed by atoms with Gasteiger partial charge in [0.25, 0.3) is 0 Å². The van der Waals surface area contributed by atoms with E-state index in [-0.39, 0.29) is 37.5 Å². The van der Waals surface area contributed by atoms with E-state index >= 15 is 0 Å². The van der Waals surface area contributed by atoms with Gasteiger partial charge in [-0.25, -0.2) is 0 Å². The number of carbonyl (C=O) groups is 3. The molecule has 0 aliphatic carbocycles. The first kappa shape index (κ1) is 59.6. The van der Waals surface area contributed by atoms with Crippen molar-refractivity contribution in [3.63, 3.8) is 0 Å². The van der Waals surface area contributed by atoms with Gasteiger partial charge >= 0.3 is 17.9 Å². The Hall–Kier alpha value is -3.41. The third-order valence-corrected chi connectivity index (χ3v) is 10.9. The lowest BCUT2D eigenvalue weighted by Gasteiger charge is -2.18. The Bertz CT molecular complexity index is 1240. The molecule has 360 valence electrons. The molecule has 0 saturated carbocycles. The minimum absolute atomic E-state index is 0.0971. The molecule has 0 radical (unpaired) electrons. The molecule has 0 bridgehead atoms. The van der Waals surface area contributed by atoms with Crippen LogP contribution in [-0.4, -0.2) is 37.2 Å². The summed E-state index contributed by atoms with van der Waals surface area (Å²) in [6.45, 7) is 6.44. The van der Waals surface area contributed by atoms with Gasteiger partial charge in [0.15, 0.2) is 6.10 Å². The second kappa shape index (κ2) is 51.2. The molecule has 0 fully saturated rings. The van der Waals surface area contributed by atoms with Crippen LogP contribution in [0.15, 0.2) is 85.1 Å². The molecule has 0 aliphatic rings. The molecule has 0 rings (SSSR count). The number of hydrogen-bond acceptors (Lipinski definition) is 6. The van der Waals surface area contributed by atoms with Crippen molar-refractivity contribution in [2.75, 3.05) is 13.2 Å². The number of carbonyl (C=O) groups excluding carboxylic acids is 3. The lowest BCUT2D eigenvalue weighted by Crippen LogP contribution is -2.30. The SMILES string of the molecule is CC/C=C\C/C=C\C/C=C\C/C=C\CCCCC(=O)OC(COC(=O)CCCCCCCC/C=C\C/C=C\C/C=C\CCCCCCC)COC(=O)CCCCCCCCCCC. The molecule has 1 atom stereocenters. The molecule has 0 heterocycles. The van der Waals surface area contributed by atoms with Gasteiger partial charge in [0.05, 0.1) is 0 Å². The minimum Gasteiger partial charge on any atom is -0.462 e. The summed E-state index contributed by atoms with van der Waals surface area (Å²) in [5, 5.41) is 0. The maximum Gasteiger partial charge on any atom is 0.306 e. The van der Waals surface area contributed by atoms with Crippen molar-refractivity contribution in [2.45, 2.75) is 245 Å². The number of rotatable bonds is 46. The van der Waals surface area contributed by atoms with Crippen molar-refractivity contribution in [1.29, 1.82) is 0 Å². The van der Waals surface area contributed by atoms with E-state index in [0.29, 0.717) is 19.3 Å². The van der Waals surface area contributed by atoms with Crippen molar-refractivity contribution >= 4 is 17.9 Å². The minimum atomic E-state index is -0.801. The summed E-state index contributed by atoms with van der Waals surface area (Å²) < 4.78 is 16.7.